The number of para-hydroxylation sites is 1. The van der Waals surface area contributed by atoms with Crippen LogP contribution in [-0.2, 0) is 17.8 Å². The maximum absolute atomic E-state index is 13.3. The van der Waals surface area contributed by atoms with Crippen molar-refractivity contribution in [3.05, 3.63) is 90.3 Å². The Morgan fingerprint density at radius 2 is 1.84 bits per heavy atom. The molecule has 1 atom stereocenters. The van der Waals surface area contributed by atoms with Gasteiger partial charge in [0.2, 0.25) is 5.91 Å². The third-order valence-corrected chi connectivity index (χ3v) is 6.67. The van der Waals surface area contributed by atoms with Gasteiger partial charge in [0.1, 0.15) is 0 Å². The molecule has 0 bridgehead atoms. The van der Waals surface area contributed by atoms with Gasteiger partial charge in [-0.1, -0.05) is 60.3 Å². The molecule has 7 heteroatoms. The molecule has 0 spiro atoms. The van der Waals surface area contributed by atoms with E-state index in [9.17, 15) is 4.79 Å². The molecule has 0 saturated heterocycles. The molecular weight excluding hydrogens is 418 g/mol. The van der Waals surface area contributed by atoms with Crippen molar-refractivity contribution >= 4 is 23.4 Å². The van der Waals surface area contributed by atoms with E-state index < -0.39 is 0 Å². The monoisotopic (exact) mass is 441 g/mol. The summed E-state index contributed by atoms with van der Waals surface area (Å²) in [5, 5.41) is 9.35. The summed E-state index contributed by atoms with van der Waals surface area (Å²) < 4.78 is 2.07. The number of fused-ring (bicyclic) bond motifs is 1. The van der Waals surface area contributed by atoms with Crippen LogP contribution in [0.2, 0.25) is 0 Å². The van der Waals surface area contributed by atoms with E-state index in [0.29, 0.717) is 6.54 Å². The normalized spacial score (nSPS) is 13.7. The van der Waals surface area contributed by atoms with E-state index in [1.165, 1.54) is 17.3 Å². The number of anilines is 1. The average molecular weight is 442 g/mol. The molecule has 2 aromatic heterocycles. The molecule has 4 aromatic rings. The van der Waals surface area contributed by atoms with Crippen molar-refractivity contribution in [1.82, 2.24) is 19.7 Å². The second kappa shape index (κ2) is 8.96. The minimum atomic E-state index is -0.290. The smallest absolute Gasteiger partial charge is 0.240 e. The molecule has 0 N–H and O–H groups in total. The van der Waals surface area contributed by atoms with Crippen molar-refractivity contribution in [2.75, 3.05) is 11.4 Å². The highest BCUT2D eigenvalue weighted by Gasteiger charge is 2.29. The van der Waals surface area contributed by atoms with Gasteiger partial charge < -0.3 is 4.90 Å². The lowest BCUT2D eigenvalue weighted by Crippen LogP contribution is -2.35. The van der Waals surface area contributed by atoms with Gasteiger partial charge in [0.15, 0.2) is 11.0 Å². The van der Waals surface area contributed by atoms with Gasteiger partial charge in [-0.15, -0.1) is 10.2 Å². The molecule has 6 nitrogen and oxygen atoms in total. The Hall–Kier alpha value is -3.45. The molecule has 1 amide bonds. The van der Waals surface area contributed by atoms with E-state index in [4.69, 9.17) is 0 Å². The fraction of sp³-hybridized carbons (Fsp3) is 0.200. The van der Waals surface area contributed by atoms with Gasteiger partial charge in [-0.05, 0) is 42.7 Å². The zero-order valence-corrected chi connectivity index (χ0v) is 18.6. The van der Waals surface area contributed by atoms with Gasteiger partial charge in [-0.3, -0.25) is 14.3 Å². The van der Waals surface area contributed by atoms with E-state index in [0.717, 1.165) is 40.8 Å². The zero-order valence-electron chi connectivity index (χ0n) is 17.8. The first-order valence-electron chi connectivity index (χ1n) is 10.6. The first kappa shape index (κ1) is 20.5. The predicted molar refractivity (Wildman–Crippen MR) is 127 cm³/mol. The molecule has 1 aliphatic heterocycles. The Morgan fingerprint density at radius 3 is 2.66 bits per heavy atom. The Morgan fingerprint density at radius 1 is 1.03 bits per heavy atom. The average Bonchev–Trinajstić information content (AvgIpc) is 3.44. The number of pyridine rings is 1. The summed E-state index contributed by atoms with van der Waals surface area (Å²) in [5.74, 6) is 0.841. The first-order chi connectivity index (χ1) is 15.7. The van der Waals surface area contributed by atoms with Gasteiger partial charge in [0.05, 0.1) is 11.8 Å². The van der Waals surface area contributed by atoms with E-state index >= 15 is 0 Å². The van der Waals surface area contributed by atoms with Crippen LogP contribution in [0.4, 0.5) is 5.69 Å². The number of carbonyl (C=O) groups excluding carboxylic acids is 1. The third kappa shape index (κ3) is 4.03. The van der Waals surface area contributed by atoms with Crippen LogP contribution in [0.15, 0.2) is 84.3 Å². The number of hydrogen-bond acceptors (Lipinski definition) is 5. The number of rotatable bonds is 6. The van der Waals surface area contributed by atoms with Crippen LogP contribution in [0.1, 0.15) is 18.1 Å². The van der Waals surface area contributed by atoms with Gasteiger partial charge >= 0.3 is 0 Å². The fourth-order valence-electron chi connectivity index (χ4n) is 3.99. The summed E-state index contributed by atoms with van der Waals surface area (Å²) in [6, 6.07) is 22.2. The molecule has 0 aliphatic carbocycles. The molecule has 3 heterocycles. The molecule has 0 fully saturated rings. The number of thioether (sulfide) groups is 1. The quantitative estimate of drug-likeness (QED) is 0.414. The van der Waals surface area contributed by atoms with Crippen molar-refractivity contribution in [3.63, 3.8) is 0 Å². The van der Waals surface area contributed by atoms with E-state index in [-0.39, 0.29) is 11.2 Å². The topological polar surface area (TPSA) is 63.9 Å². The molecule has 1 unspecified atom stereocenters. The van der Waals surface area contributed by atoms with Gasteiger partial charge in [0.25, 0.3) is 0 Å². The highest BCUT2D eigenvalue weighted by atomic mass is 32.2. The van der Waals surface area contributed by atoms with Gasteiger partial charge in [0, 0.05) is 30.2 Å². The highest BCUT2D eigenvalue weighted by Crippen LogP contribution is 2.32. The summed E-state index contributed by atoms with van der Waals surface area (Å²) in [6.45, 7) is 3.29. The maximum atomic E-state index is 13.3. The van der Waals surface area contributed by atoms with Crippen molar-refractivity contribution in [2.45, 2.75) is 30.3 Å². The van der Waals surface area contributed by atoms with Crippen LogP contribution in [0, 0.1) is 0 Å². The number of hydrogen-bond donors (Lipinski definition) is 0. The minimum Gasteiger partial charge on any atom is -0.311 e. The van der Waals surface area contributed by atoms with Crippen LogP contribution in [0.3, 0.4) is 0 Å². The molecule has 0 radical (unpaired) electrons. The van der Waals surface area contributed by atoms with Gasteiger partial charge in [-0.2, -0.15) is 0 Å². The Kier molecular flexibility index (Phi) is 5.73. The summed E-state index contributed by atoms with van der Waals surface area (Å²) in [4.78, 5) is 19.4. The molecule has 2 aromatic carbocycles. The molecular formula is C25H23N5OS. The van der Waals surface area contributed by atoms with Crippen molar-refractivity contribution in [2.24, 2.45) is 0 Å². The number of aromatic nitrogens is 4. The lowest BCUT2D eigenvalue weighted by molar-refractivity contribution is -0.117. The van der Waals surface area contributed by atoms with Crippen molar-refractivity contribution in [3.8, 4) is 11.4 Å². The minimum absolute atomic E-state index is 0.0946. The molecule has 0 saturated carbocycles. The standard InChI is InChI=1S/C25H23N5OS/c1-18(24(31)29-15-13-20-10-5-6-12-22(20)29)32-25-28-27-23(21-11-7-14-26-16-21)30(25)17-19-8-3-2-4-9-19/h2-12,14,16,18H,13,15,17H2,1H3. The Bertz CT molecular complexity index is 1230. The zero-order chi connectivity index (χ0) is 21.9. The number of nitrogens with zero attached hydrogens (tertiary/aromatic N) is 5. The Balaban J connectivity index is 1.43. The summed E-state index contributed by atoms with van der Waals surface area (Å²) in [6.07, 6.45) is 4.43. The van der Waals surface area contributed by atoms with Crippen LogP contribution in [0.5, 0.6) is 0 Å². The number of amides is 1. The van der Waals surface area contributed by atoms with E-state index in [1.54, 1.807) is 12.4 Å². The van der Waals surface area contributed by atoms with Crippen LogP contribution in [-0.4, -0.2) is 37.5 Å². The second-order valence-corrected chi connectivity index (χ2v) is 9.06. The van der Waals surface area contributed by atoms with Crippen LogP contribution in [0.25, 0.3) is 11.4 Å². The van der Waals surface area contributed by atoms with Gasteiger partial charge in [-0.25, -0.2) is 0 Å². The molecule has 5 rings (SSSR count). The summed E-state index contributed by atoms with van der Waals surface area (Å²) in [7, 11) is 0. The van der Waals surface area contributed by atoms with Crippen LogP contribution < -0.4 is 4.90 Å². The van der Waals surface area contributed by atoms with E-state index in [2.05, 4.69) is 37.9 Å². The molecule has 32 heavy (non-hydrogen) atoms. The van der Waals surface area contributed by atoms with Crippen molar-refractivity contribution < 1.29 is 4.79 Å². The largest absolute Gasteiger partial charge is 0.311 e. The predicted octanol–water partition coefficient (Wildman–Crippen LogP) is 4.46. The fourth-order valence-corrected chi connectivity index (χ4v) is 4.90. The lowest BCUT2D eigenvalue weighted by atomic mass is 10.2. The van der Waals surface area contributed by atoms with Crippen LogP contribution >= 0.6 is 11.8 Å². The molecule has 160 valence electrons. The maximum Gasteiger partial charge on any atom is 0.240 e. The summed E-state index contributed by atoms with van der Waals surface area (Å²) >= 11 is 1.45. The van der Waals surface area contributed by atoms with E-state index in [1.807, 2.05) is 60.4 Å². The SMILES string of the molecule is CC(Sc1nnc(-c2cccnc2)n1Cc1ccccc1)C(=O)N1CCc2ccccc21. The first-order valence-corrected chi connectivity index (χ1v) is 11.5. The second-order valence-electron chi connectivity index (χ2n) is 7.75. The summed E-state index contributed by atoms with van der Waals surface area (Å²) in [5.41, 5.74) is 4.29. The van der Waals surface area contributed by atoms with Crippen molar-refractivity contribution in [1.29, 1.82) is 0 Å². The third-order valence-electron chi connectivity index (χ3n) is 5.60. The lowest BCUT2D eigenvalue weighted by Gasteiger charge is -2.21. The number of carbonyl (C=O) groups is 1. The highest BCUT2D eigenvalue weighted by molar-refractivity contribution is 8.00. The Labute approximate surface area is 191 Å². The number of benzene rings is 2. The molecule has 1 aliphatic rings.